The smallest absolute Gasteiger partial charge is 0.269 e. The highest BCUT2D eigenvalue weighted by Crippen LogP contribution is 2.18. The molecule has 0 aliphatic carbocycles. The summed E-state index contributed by atoms with van der Waals surface area (Å²) in [5, 5.41) is 1.02. The third-order valence-electron chi connectivity index (χ3n) is 5.42. The SMILES string of the molecule is CC(C)N(CCn1c(SCC(=O)NNC(=O)c2ccccc2)nc2ccccc2c1=O)C(C)C. The van der Waals surface area contributed by atoms with Crippen molar-refractivity contribution in [2.75, 3.05) is 12.3 Å². The van der Waals surface area contributed by atoms with Gasteiger partial charge in [0.1, 0.15) is 0 Å². The van der Waals surface area contributed by atoms with Gasteiger partial charge in [0.25, 0.3) is 11.5 Å². The molecule has 0 aliphatic heterocycles. The Labute approximate surface area is 203 Å². The maximum absolute atomic E-state index is 13.3. The third kappa shape index (κ3) is 6.45. The molecule has 8 nitrogen and oxygen atoms in total. The Kier molecular flexibility index (Phi) is 8.84. The second kappa shape index (κ2) is 11.8. The van der Waals surface area contributed by atoms with E-state index in [9.17, 15) is 14.4 Å². The van der Waals surface area contributed by atoms with Gasteiger partial charge in [0, 0.05) is 30.7 Å². The van der Waals surface area contributed by atoms with Crippen molar-refractivity contribution < 1.29 is 9.59 Å². The second-order valence-electron chi connectivity index (χ2n) is 8.45. The summed E-state index contributed by atoms with van der Waals surface area (Å²) in [6.07, 6.45) is 0. The maximum Gasteiger partial charge on any atom is 0.269 e. The van der Waals surface area contributed by atoms with Gasteiger partial charge >= 0.3 is 0 Å². The van der Waals surface area contributed by atoms with Crippen LogP contribution in [-0.4, -0.2) is 50.6 Å². The molecule has 3 aromatic rings. The van der Waals surface area contributed by atoms with Gasteiger partial charge in [-0.1, -0.05) is 42.1 Å². The average Bonchev–Trinajstić information content (AvgIpc) is 2.82. The molecule has 0 saturated carbocycles. The summed E-state index contributed by atoms with van der Waals surface area (Å²) >= 11 is 1.17. The van der Waals surface area contributed by atoms with E-state index >= 15 is 0 Å². The van der Waals surface area contributed by atoms with Crippen molar-refractivity contribution in [1.29, 1.82) is 0 Å². The van der Waals surface area contributed by atoms with Crippen molar-refractivity contribution in [2.45, 2.75) is 51.5 Å². The first-order chi connectivity index (χ1) is 16.3. The molecule has 34 heavy (non-hydrogen) atoms. The molecule has 0 atom stereocenters. The number of carbonyl (C=O) groups excluding carboxylic acids is 2. The number of hydrogen-bond donors (Lipinski definition) is 2. The van der Waals surface area contributed by atoms with Gasteiger partial charge in [0.2, 0.25) is 5.91 Å². The van der Waals surface area contributed by atoms with E-state index in [2.05, 4.69) is 48.4 Å². The Hall–Kier alpha value is -3.17. The first-order valence-corrected chi connectivity index (χ1v) is 12.3. The summed E-state index contributed by atoms with van der Waals surface area (Å²) in [7, 11) is 0. The minimum absolute atomic E-state index is 0.00206. The second-order valence-corrected chi connectivity index (χ2v) is 9.39. The van der Waals surface area contributed by atoms with Gasteiger partial charge in [0.05, 0.1) is 16.7 Å². The topological polar surface area (TPSA) is 96.3 Å². The monoisotopic (exact) mass is 481 g/mol. The van der Waals surface area contributed by atoms with E-state index in [0.29, 0.717) is 46.8 Å². The number of nitrogens with zero attached hydrogens (tertiary/aromatic N) is 3. The summed E-state index contributed by atoms with van der Waals surface area (Å²) in [6, 6.07) is 16.5. The molecule has 0 radical (unpaired) electrons. The zero-order valence-electron chi connectivity index (χ0n) is 19.9. The Balaban J connectivity index is 1.73. The van der Waals surface area contributed by atoms with Gasteiger partial charge in [-0.25, -0.2) is 4.98 Å². The first-order valence-electron chi connectivity index (χ1n) is 11.3. The molecule has 2 N–H and O–H groups in total. The molecule has 0 aliphatic rings. The lowest BCUT2D eigenvalue weighted by atomic mass is 10.2. The number of carbonyl (C=O) groups is 2. The molecule has 9 heteroatoms. The van der Waals surface area contributed by atoms with Crippen molar-refractivity contribution >= 4 is 34.5 Å². The molecule has 0 bridgehead atoms. The minimum Gasteiger partial charge on any atom is -0.297 e. The molecular formula is C25H31N5O3S. The number of nitrogens with one attached hydrogen (secondary N) is 2. The highest BCUT2D eigenvalue weighted by atomic mass is 32.2. The van der Waals surface area contributed by atoms with Crippen molar-refractivity contribution in [3.8, 4) is 0 Å². The van der Waals surface area contributed by atoms with Gasteiger partial charge in [-0.15, -0.1) is 0 Å². The third-order valence-corrected chi connectivity index (χ3v) is 6.40. The Bertz CT molecular complexity index is 1190. The summed E-state index contributed by atoms with van der Waals surface area (Å²) < 4.78 is 1.64. The van der Waals surface area contributed by atoms with Gasteiger partial charge in [0.15, 0.2) is 5.16 Å². The highest BCUT2D eigenvalue weighted by Gasteiger charge is 2.17. The number of fused-ring (bicyclic) bond motifs is 1. The van der Waals surface area contributed by atoms with Crippen LogP contribution in [0.5, 0.6) is 0 Å². The lowest BCUT2D eigenvalue weighted by molar-refractivity contribution is -0.119. The number of amides is 2. The number of hydrogen-bond acceptors (Lipinski definition) is 6. The maximum atomic E-state index is 13.3. The van der Waals surface area contributed by atoms with Crippen LogP contribution in [0.3, 0.4) is 0 Å². The first kappa shape index (κ1) is 25.5. The van der Waals surface area contributed by atoms with E-state index in [1.165, 1.54) is 11.8 Å². The normalized spacial score (nSPS) is 11.4. The van der Waals surface area contributed by atoms with E-state index in [0.717, 1.165) is 0 Å². The van der Waals surface area contributed by atoms with Crippen molar-refractivity contribution in [2.24, 2.45) is 0 Å². The van der Waals surface area contributed by atoms with Crippen molar-refractivity contribution in [1.82, 2.24) is 25.3 Å². The summed E-state index contributed by atoms with van der Waals surface area (Å²) in [6.45, 7) is 9.66. The molecule has 1 heterocycles. The van der Waals surface area contributed by atoms with Crippen LogP contribution in [0.15, 0.2) is 64.5 Å². The predicted molar refractivity (Wildman–Crippen MR) is 136 cm³/mol. The van der Waals surface area contributed by atoms with Crippen LogP contribution in [-0.2, 0) is 11.3 Å². The fourth-order valence-corrected chi connectivity index (χ4v) is 4.56. The zero-order valence-corrected chi connectivity index (χ0v) is 20.8. The lowest BCUT2D eigenvalue weighted by Crippen LogP contribution is -2.42. The molecule has 2 amide bonds. The van der Waals surface area contributed by atoms with Crippen molar-refractivity contribution in [3.05, 3.63) is 70.5 Å². The van der Waals surface area contributed by atoms with Gasteiger partial charge < -0.3 is 0 Å². The molecule has 3 rings (SSSR count). The molecule has 0 spiro atoms. The molecule has 0 unspecified atom stereocenters. The highest BCUT2D eigenvalue weighted by molar-refractivity contribution is 7.99. The largest absolute Gasteiger partial charge is 0.297 e. The molecular weight excluding hydrogens is 450 g/mol. The zero-order chi connectivity index (χ0) is 24.7. The standard InChI is InChI=1S/C25H31N5O3S/c1-17(2)29(18(3)4)14-15-30-24(33)20-12-8-9-13-21(20)26-25(30)34-16-22(31)27-28-23(32)19-10-6-5-7-11-19/h5-13,17-18H,14-16H2,1-4H3,(H,27,31)(H,28,32). The van der Waals surface area contributed by atoms with Crippen LogP contribution in [0.2, 0.25) is 0 Å². The average molecular weight is 482 g/mol. The van der Waals surface area contributed by atoms with Crippen LogP contribution >= 0.6 is 11.8 Å². The number of rotatable bonds is 9. The minimum atomic E-state index is -0.401. The Morgan fingerprint density at radius 3 is 2.29 bits per heavy atom. The number of hydrazine groups is 1. The van der Waals surface area contributed by atoms with E-state index in [1.54, 1.807) is 41.0 Å². The Morgan fingerprint density at radius 1 is 0.971 bits per heavy atom. The number of thioether (sulfide) groups is 1. The van der Waals surface area contributed by atoms with Gasteiger partial charge in [-0.05, 0) is 52.0 Å². The van der Waals surface area contributed by atoms with Crippen LogP contribution in [0.1, 0.15) is 38.1 Å². The molecule has 0 fully saturated rings. The summed E-state index contributed by atoms with van der Waals surface area (Å²) in [5.74, 6) is -0.797. The fraction of sp³-hybridized carbons (Fsp3) is 0.360. The summed E-state index contributed by atoms with van der Waals surface area (Å²) in [5.41, 5.74) is 5.74. The van der Waals surface area contributed by atoms with E-state index in [4.69, 9.17) is 0 Å². The predicted octanol–water partition coefficient (Wildman–Crippen LogP) is 3.07. The molecule has 180 valence electrons. The van der Waals surface area contributed by atoms with E-state index in [1.807, 2.05) is 18.2 Å². The number of aromatic nitrogens is 2. The Morgan fingerprint density at radius 2 is 1.62 bits per heavy atom. The molecule has 1 aromatic heterocycles. The van der Waals surface area contributed by atoms with Gasteiger partial charge in [-0.3, -0.25) is 34.7 Å². The van der Waals surface area contributed by atoms with E-state index in [-0.39, 0.29) is 11.3 Å². The van der Waals surface area contributed by atoms with Crippen LogP contribution in [0.25, 0.3) is 10.9 Å². The molecule has 2 aromatic carbocycles. The number of para-hydroxylation sites is 1. The number of benzene rings is 2. The van der Waals surface area contributed by atoms with Crippen LogP contribution in [0.4, 0.5) is 0 Å². The molecule has 0 saturated heterocycles. The van der Waals surface area contributed by atoms with Crippen molar-refractivity contribution in [3.63, 3.8) is 0 Å². The van der Waals surface area contributed by atoms with Crippen LogP contribution in [0, 0.1) is 0 Å². The fourth-order valence-electron chi connectivity index (χ4n) is 3.74. The quantitative estimate of drug-likeness (QED) is 0.277. The van der Waals surface area contributed by atoms with Gasteiger partial charge in [-0.2, -0.15) is 0 Å². The lowest BCUT2D eigenvalue weighted by Gasteiger charge is -2.30. The summed E-state index contributed by atoms with van der Waals surface area (Å²) in [4.78, 5) is 44.7. The van der Waals surface area contributed by atoms with E-state index < -0.39 is 11.8 Å². The van der Waals surface area contributed by atoms with Crippen LogP contribution < -0.4 is 16.4 Å².